The summed E-state index contributed by atoms with van der Waals surface area (Å²) in [4.78, 5) is 21.7. The molecule has 0 saturated carbocycles. The summed E-state index contributed by atoms with van der Waals surface area (Å²) in [5, 5.41) is 23.7. The van der Waals surface area contributed by atoms with Crippen molar-refractivity contribution < 1.29 is 4.79 Å². The fourth-order valence-electron chi connectivity index (χ4n) is 2.72. The number of hydrogen-bond donors (Lipinski definition) is 3. The molecule has 29 heavy (non-hydrogen) atoms. The molecule has 3 aromatic heterocycles. The van der Waals surface area contributed by atoms with Gasteiger partial charge in [-0.1, -0.05) is 19.9 Å². The Morgan fingerprint density at radius 3 is 2.72 bits per heavy atom. The average Bonchev–Trinajstić information content (AvgIpc) is 3.22. The van der Waals surface area contributed by atoms with E-state index in [2.05, 4.69) is 30.8 Å². The topological polar surface area (TPSA) is 147 Å². The van der Waals surface area contributed by atoms with E-state index < -0.39 is 11.9 Å². The van der Waals surface area contributed by atoms with Crippen LogP contribution in [0.5, 0.6) is 0 Å². The van der Waals surface area contributed by atoms with E-state index in [4.69, 9.17) is 5.73 Å². The first-order chi connectivity index (χ1) is 14.0. The molecule has 0 spiro atoms. The molecule has 0 unspecified atom stereocenters. The summed E-state index contributed by atoms with van der Waals surface area (Å²) in [5.41, 5.74) is 6.71. The number of nitrogens with one attached hydrogen (secondary N) is 2. The second-order valence-electron chi connectivity index (χ2n) is 6.79. The molecule has 0 aromatic carbocycles. The van der Waals surface area contributed by atoms with E-state index in [1.807, 2.05) is 19.9 Å². The Labute approximate surface area is 167 Å². The SMILES string of the molecule is CC(C)C[C@@H](Nc1cnc(C#N)c(Nc2cccc(-n3nccn3)n2)c1)C(N)=O. The number of nitrogens with zero attached hydrogens (tertiary/aromatic N) is 6. The van der Waals surface area contributed by atoms with E-state index in [9.17, 15) is 10.1 Å². The first kappa shape index (κ1) is 19.8. The molecule has 0 aliphatic heterocycles. The van der Waals surface area contributed by atoms with Gasteiger partial charge in [0.15, 0.2) is 11.5 Å². The van der Waals surface area contributed by atoms with Gasteiger partial charge in [0.25, 0.3) is 0 Å². The van der Waals surface area contributed by atoms with Crippen molar-refractivity contribution in [2.45, 2.75) is 26.3 Å². The molecule has 0 radical (unpaired) electrons. The number of pyridine rings is 2. The lowest BCUT2D eigenvalue weighted by Gasteiger charge is -2.19. The van der Waals surface area contributed by atoms with E-state index in [1.54, 1.807) is 36.7 Å². The summed E-state index contributed by atoms with van der Waals surface area (Å²) in [5.74, 6) is 0.848. The number of carbonyl (C=O) groups excluding carboxylic acids is 1. The third-order valence-corrected chi connectivity index (χ3v) is 4.01. The maximum absolute atomic E-state index is 11.7. The second kappa shape index (κ2) is 8.79. The van der Waals surface area contributed by atoms with Crippen molar-refractivity contribution in [2.75, 3.05) is 10.6 Å². The number of amides is 1. The predicted molar refractivity (Wildman–Crippen MR) is 107 cm³/mol. The van der Waals surface area contributed by atoms with Crippen LogP contribution in [0.1, 0.15) is 26.0 Å². The van der Waals surface area contributed by atoms with Crippen LogP contribution in [0.4, 0.5) is 17.2 Å². The van der Waals surface area contributed by atoms with Crippen LogP contribution in [0.25, 0.3) is 5.82 Å². The highest BCUT2D eigenvalue weighted by Crippen LogP contribution is 2.23. The highest BCUT2D eigenvalue weighted by molar-refractivity contribution is 5.83. The molecule has 4 N–H and O–H groups in total. The molecule has 0 bridgehead atoms. The number of anilines is 3. The number of rotatable bonds is 8. The molecule has 148 valence electrons. The van der Waals surface area contributed by atoms with Crippen LogP contribution in [0.15, 0.2) is 42.9 Å². The molecule has 3 rings (SSSR count). The smallest absolute Gasteiger partial charge is 0.239 e. The fraction of sp³-hybridized carbons (Fsp3) is 0.263. The zero-order valence-corrected chi connectivity index (χ0v) is 16.1. The van der Waals surface area contributed by atoms with Crippen molar-refractivity contribution in [3.8, 4) is 11.9 Å². The Kier molecular flexibility index (Phi) is 5.99. The summed E-state index contributed by atoms with van der Waals surface area (Å²) >= 11 is 0. The van der Waals surface area contributed by atoms with Crippen LogP contribution in [-0.2, 0) is 4.79 Å². The maximum Gasteiger partial charge on any atom is 0.239 e. The number of hydrogen-bond acceptors (Lipinski definition) is 8. The van der Waals surface area contributed by atoms with Gasteiger partial charge in [0, 0.05) is 0 Å². The van der Waals surface area contributed by atoms with Gasteiger partial charge in [-0.25, -0.2) is 9.97 Å². The molecule has 0 aliphatic carbocycles. The Morgan fingerprint density at radius 2 is 2.07 bits per heavy atom. The number of nitrogens with two attached hydrogens (primary N) is 1. The zero-order valence-electron chi connectivity index (χ0n) is 16.1. The standard InChI is InChI=1S/C19H21N9O/c1-12(2)8-15(19(21)29)25-13-9-14(16(10-20)22-11-13)26-17-4-3-5-18(27-17)28-23-6-7-24-28/h3-7,9,11-12,15,25H,8H2,1-2H3,(H2,21,29)(H,26,27)/t15-/m1/s1. The molecule has 0 fully saturated rings. The van der Waals surface area contributed by atoms with Crippen molar-refractivity contribution >= 4 is 23.1 Å². The lowest BCUT2D eigenvalue weighted by atomic mass is 10.0. The van der Waals surface area contributed by atoms with Crippen LogP contribution in [-0.4, -0.2) is 36.9 Å². The Morgan fingerprint density at radius 1 is 1.31 bits per heavy atom. The minimum atomic E-state index is -0.537. The lowest BCUT2D eigenvalue weighted by molar-refractivity contribution is -0.119. The van der Waals surface area contributed by atoms with Crippen molar-refractivity contribution in [3.63, 3.8) is 0 Å². The van der Waals surface area contributed by atoms with Crippen LogP contribution >= 0.6 is 0 Å². The summed E-state index contributed by atoms with van der Waals surface area (Å²) < 4.78 is 0. The van der Waals surface area contributed by atoms with E-state index in [1.165, 1.54) is 11.0 Å². The minimum absolute atomic E-state index is 0.194. The molecule has 3 aromatic rings. The molecule has 0 aliphatic rings. The van der Waals surface area contributed by atoms with Crippen LogP contribution in [0.3, 0.4) is 0 Å². The van der Waals surface area contributed by atoms with Crippen molar-refractivity contribution in [3.05, 3.63) is 48.5 Å². The first-order valence-electron chi connectivity index (χ1n) is 9.03. The third kappa shape index (κ3) is 5.04. The largest absolute Gasteiger partial charge is 0.372 e. The molecule has 0 saturated heterocycles. The Hall–Kier alpha value is -4.00. The van der Waals surface area contributed by atoms with Crippen LogP contribution in [0, 0.1) is 17.2 Å². The van der Waals surface area contributed by atoms with Gasteiger partial charge in [0.2, 0.25) is 5.91 Å². The summed E-state index contributed by atoms with van der Waals surface area (Å²) in [7, 11) is 0. The molecule has 3 heterocycles. The average molecular weight is 391 g/mol. The Bertz CT molecular complexity index is 1020. The Balaban J connectivity index is 1.85. The van der Waals surface area contributed by atoms with E-state index in [-0.39, 0.29) is 11.6 Å². The number of nitriles is 1. The molecule has 1 amide bonds. The van der Waals surface area contributed by atoms with Gasteiger partial charge in [-0.15, -0.1) is 4.80 Å². The first-order valence-corrected chi connectivity index (χ1v) is 9.03. The lowest BCUT2D eigenvalue weighted by Crippen LogP contribution is -2.36. The summed E-state index contributed by atoms with van der Waals surface area (Å²) in [6.45, 7) is 4.02. The van der Waals surface area contributed by atoms with E-state index in [0.29, 0.717) is 29.4 Å². The molecule has 10 nitrogen and oxygen atoms in total. The van der Waals surface area contributed by atoms with Crippen molar-refractivity contribution in [1.82, 2.24) is 25.0 Å². The molecule has 1 atom stereocenters. The van der Waals surface area contributed by atoms with Gasteiger partial charge >= 0.3 is 0 Å². The van der Waals surface area contributed by atoms with Gasteiger partial charge < -0.3 is 16.4 Å². The number of carbonyl (C=O) groups is 1. The number of aromatic nitrogens is 5. The van der Waals surface area contributed by atoms with Crippen molar-refractivity contribution in [2.24, 2.45) is 11.7 Å². The minimum Gasteiger partial charge on any atom is -0.372 e. The second-order valence-corrected chi connectivity index (χ2v) is 6.79. The van der Waals surface area contributed by atoms with E-state index in [0.717, 1.165) is 0 Å². The normalized spacial score (nSPS) is 11.7. The van der Waals surface area contributed by atoms with E-state index >= 15 is 0 Å². The highest BCUT2D eigenvalue weighted by Gasteiger charge is 2.18. The summed E-state index contributed by atoms with van der Waals surface area (Å²) in [6.07, 6.45) is 5.19. The highest BCUT2D eigenvalue weighted by atomic mass is 16.1. The monoisotopic (exact) mass is 391 g/mol. The fourth-order valence-corrected chi connectivity index (χ4v) is 2.72. The predicted octanol–water partition coefficient (Wildman–Crippen LogP) is 1.98. The van der Waals surface area contributed by atoms with Crippen molar-refractivity contribution in [1.29, 1.82) is 5.26 Å². The van der Waals surface area contributed by atoms with Gasteiger partial charge in [0.1, 0.15) is 17.9 Å². The molecule has 10 heteroatoms. The van der Waals surface area contributed by atoms with Gasteiger partial charge in [-0.2, -0.15) is 15.5 Å². The van der Waals surface area contributed by atoms with Gasteiger partial charge in [-0.05, 0) is 30.5 Å². The molecular formula is C19H21N9O. The van der Waals surface area contributed by atoms with Crippen LogP contribution < -0.4 is 16.4 Å². The van der Waals surface area contributed by atoms with Crippen LogP contribution in [0.2, 0.25) is 0 Å². The summed E-state index contributed by atoms with van der Waals surface area (Å²) in [6, 6.07) is 8.50. The maximum atomic E-state index is 11.7. The zero-order chi connectivity index (χ0) is 20.8. The van der Waals surface area contributed by atoms with Gasteiger partial charge in [0.05, 0.1) is 30.0 Å². The molecular weight excluding hydrogens is 370 g/mol. The third-order valence-electron chi connectivity index (χ3n) is 4.01. The number of primary amides is 1. The van der Waals surface area contributed by atoms with Gasteiger partial charge in [-0.3, -0.25) is 4.79 Å². The quantitative estimate of drug-likeness (QED) is 0.528.